The number of thiophene rings is 1. The van der Waals surface area contributed by atoms with Crippen LogP contribution in [0.3, 0.4) is 0 Å². The van der Waals surface area contributed by atoms with E-state index in [-0.39, 0.29) is 11.9 Å². The van der Waals surface area contributed by atoms with Gasteiger partial charge in [0.25, 0.3) is 0 Å². The molecule has 1 aromatic heterocycles. The first-order valence-electron chi connectivity index (χ1n) is 5.83. The fraction of sp³-hybridized carbons (Fsp3) is 0.214. The first kappa shape index (κ1) is 11.4. The molecule has 0 aliphatic carbocycles. The molecule has 0 fully saturated rings. The lowest BCUT2D eigenvalue weighted by atomic mass is 10.1. The van der Waals surface area contributed by atoms with Crippen LogP contribution in [0.25, 0.3) is 0 Å². The third-order valence-corrected chi connectivity index (χ3v) is 4.15. The van der Waals surface area contributed by atoms with E-state index >= 15 is 0 Å². The predicted octanol–water partition coefficient (Wildman–Crippen LogP) is 3.79. The normalized spacial score (nSPS) is 15.9. The van der Waals surface area contributed by atoms with Crippen molar-refractivity contribution in [1.82, 2.24) is 4.90 Å². The lowest BCUT2D eigenvalue weighted by Gasteiger charge is -2.25. The van der Waals surface area contributed by atoms with Gasteiger partial charge in [-0.1, -0.05) is 6.07 Å². The largest absolute Gasteiger partial charge is 0.345 e. The number of hydrogen-bond acceptors (Lipinski definition) is 2. The van der Waals surface area contributed by atoms with Crippen LogP contribution in [0.2, 0.25) is 0 Å². The third-order valence-electron chi connectivity index (χ3n) is 3.45. The van der Waals surface area contributed by atoms with Gasteiger partial charge in [-0.25, -0.2) is 4.39 Å². The minimum atomic E-state index is -0.275. The van der Waals surface area contributed by atoms with E-state index in [0.29, 0.717) is 12.4 Å². The van der Waals surface area contributed by atoms with E-state index in [1.165, 1.54) is 17.7 Å². The zero-order chi connectivity index (χ0) is 12.7. The molecule has 0 saturated heterocycles. The second-order valence-electron chi connectivity index (χ2n) is 4.51. The van der Waals surface area contributed by atoms with Gasteiger partial charge in [-0.3, -0.25) is 5.41 Å². The Morgan fingerprint density at radius 1 is 1.39 bits per heavy atom. The van der Waals surface area contributed by atoms with E-state index in [1.54, 1.807) is 17.4 Å². The van der Waals surface area contributed by atoms with Crippen molar-refractivity contribution in [3.05, 3.63) is 57.5 Å². The first-order chi connectivity index (χ1) is 8.66. The van der Waals surface area contributed by atoms with E-state index in [4.69, 9.17) is 5.41 Å². The molecule has 1 unspecified atom stereocenters. The maximum Gasteiger partial charge on any atom is 0.129 e. The highest BCUT2D eigenvalue weighted by Gasteiger charge is 2.28. The molecule has 1 atom stereocenters. The van der Waals surface area contributed by atoms with Gasteiger partial charge in [-0.05, 0) is 47.0 Å². The quantitative estimate of drug-likeness (QED) is 0.874. The van der Waals surface area contributed by atoms with Crippen LogP contribution in [0.1, 0.15) is 29.7 Å². The fourth-order valence-electron chi connectivity index (χ4n) is 2.35. The SMILES string of the molecule is CC(c1ccsc1)N1Cc2ccc(F)cc2C1=N. The summed E-state index contributed by atoms with van der Waals surface area (Å²) in [4.78, 5) is 2.01. The number of halogens is 1. The highest BCUT2D eigenvalue weighted by Crippen LogP contribution is 2.32. The Labute approximate surface area is 109 Å². The molecule has 1 aliphatic rings. The van der Waals surface area contributed by atoms with Crippen LogP contribution in [0.4, 0.5) is 4.39 Å². The summed E-state index contributed by atoms with van der Waals surface area (Å²) in [6, 6.07) is 6.92. The summed E-state index contributed by atoms with van der Waals surface area (Å²) in [5.74, 6) is 0.145. The van der Waals surface area contributed by atoms with Crippen LogP contribution in [0.15, 0.2) is 35.0 Å². The standard InChI is InChI=1S/C14H13FN2S/c1-9(11-4-5-18-8-11)17-7-10-2-3-12(15)6-13(10)14(17)16/h2-6,8-9,16H,7H2,1H3. The molecule has 0 radical (unpaired) electrons. The van der Waals surface area contributed by atoms with Gasteiger partial charge in [-0.15, -0.1) is 0 Å². The van der Waals surface area contributed by atoms with Crippen LogP contribution < -0.4 is 0 Å². The maximum absolute atomic E-state index is 13.2. The number of hydrogen-bond donors (Lipinski definition) is 1. The Balaban J connectivity index is 1.93. The highest BCUT2D eigenvalue weighted by atomic mass is 32.1. The summed E-state index contributed by atoms with van der Waals surface area (Å²) < 4.78 is 13.2. The maximum atomic E-state index is 13.2. The Bertz CT molecular complexity index is 592. The second-order valence-corrected chi connectivity index (χ2v) is 5.29. The van der Waals surface area contributed by atoms with Gasteiger partial charge >= 0.3 is 0 Å². The summed E-state index contributed by atoms with van der Waals surface area (Å²) in [5.41, 5.74) is 2.96. The second kappa shape index (κ2) is 4.21. The van der Waals surface area contributed by atoms with E-state index in [1.807, 2.05) is 10.3 Å². The minimum absolute atomic E-state index is 0.152. The summed E-state index contributed by atoms with van der Waals surface area (Å²) in [6.45, 7) is 2.77. The molecule has 92 valence electrons. The Hall–Kier alpha value is -1.68. The lowest BCUT2D eigenvalue weighted by Crippen LogP contribution is -2.27. The van der Waals surface area contributed by atoms with Crippen molar-refractivity contribution >= 4 is 17.2 Å². The van der Waals surface area contributed by atoms with Gasteiger partial charge in [0.05, 0.1) is 6.04 Å². The number of benzene rings is 1. The van der Waals surface area contributed by atoms with Gasteiger partial charge in [0.2, 0.25) is 0 Å². The van der Waals surface area contributed by atoms with Gasteiger partial charge < -0.3 is 4.90 Å². The van der Waals surface area contributed by atoms with Crippen molar-refractivity contribution in [3.63, 3.8) is 0 Å². The van der Waals surface area contributed by atoms with Crippen LogP contribution >= 0.6 is 11.3 Å². The Morgan fingerprint density at radius 3 is 2.94 bits per heavy atom. The molecule has 18 heavy (non-hydrogen) atoms. The topological polar surface area (TPSA) is 27.1 Å². The number of rotatable bonds is 2. The van der Waals surface area contributed by atoms with Crippen molar-refractivity contribution in [1.29, 1.82) is 5.41 Å². The monoisotopic (exact) mass is 260 g/mol. The van der Waals surface area contributed by atoms with Crippen molar-refractivity contribution in [2.75, 3.05) is 0 Å². The summed E-state index contributed by atoms with van der Waals surface area (Å²) >= 11 is 1.66. The van der Waals surface area contributed by atoms with Gasteiger partial charge in [-0.2, -0.15) is 11.3 Å². The molecule has 2 nitrogen and oxygen atoms in total. The molecule has 3 rings (SSSR count). The van der Waals surface area contributed by atoms with E-state index in [0.717, 1.165) is 11.1 Å². The van der Waals surface area contributed by atoms with Crippen LogP contribution in [0.5, 0.6) is 0 Å². The van der Waals surface area contributed by atoms with Gasteiger partial charge in [0.1, 0.15) is 11.7 Å². The van der Waals surface area contributed by atoms with Crippen molar-refractivity contribution in [2.45, 2.75) is 19.5 Å². The molecule has 4 heteroatoms. The number of amidine groups is 1. The van der Waals surface area contributed by atoms with Crippen molar-refractivity contribution in [3.8, 4) is 0 Å². The zero-order valence-electron chi connectivity index (χ0n) is 9.98. The van der Waals surface area contributed by atoms with Gasteiger partial charge in [0, 0.05) is 12.1 Å². The Morgan fingerprint density at radius 2 is 2.22 bits per heavy atom. The summed E-state index contributed by atoms with van der Waals surface area (Å²) in [5, 5.41) is 12.3. The van der Waals surface area contributed by atoms with Crippen LogP contribution in [0, 0.1) is 11.2 Å². The van der Waals surface area contributed by atoms with Crippen LogP contribution in [-0.4, -0.2) is 10.7 Å². The number of nitrogens with one attached hydrogen (secondary N) is 1. The van der Waals surface area contributed by atoms with Crippen molar-refractivity contribution < 1.29 is 4.39 Å². The summed E-state index contributed by atoms with van der Waals surface area (Å²) in [6.07, 6.45) is 0. The molecule has 0 bridgehead atoms. The summed E-state index contributed by atoms with van der Waals surface area (Å²) in [7, 11) is 0. The number of fused-ring (bicyclic) bond motifs is 1. The molecule has 0 amide bonds. The molecule has 1 N–H and O–H groups in total. The fourth-order valence-corrected chi connectivity index (χ4v) is 3.09. The molecule has 1 aliphatic heterocycles. The molecule has 2 heterocycles. The molecule has 0 spiro atoms. The molecule has 0 saturated carbocycles. The van der Waals surface area contributed by atoms with E-state index in [9.17, 15) is 4.39 Å². The first-order valence-corrected chi connectivity index (χ1v) is 6.77. The molecular weight excluding hydrogens is 247 g/mol. The average molecular weight is 260 g/mol. The van der Waals surface area contributed by atoms with Crippen molar-refractivity contribution in [2.24, 2.45) is 0 Å². The molecular formula is C14H13FN2S. The van der Waals surface area contributed by atoms with Gasteiger partial charge in [0.15, 0.2) is 0 Å². The van der Waals surface area contributed by atoms with Crippen LogP contribution in [-0.2, 0) is 6.54 Å². The minimum Gasteiger partial charge on any atom is -0.345 e. The lowest BCUT2D eigenvalue weighted by molar-refractivity contribution is 0.342. The molecule has 1 aromatic carbocycles. The number of nitrogens with zero attached hydrogens (tertiary/aromatic N) is 1. The smallest absolute Gasteiger partial charge is 0.129 e. The zero-order valence-corrected chi connectivity index (χ0v) is 10.8. The average Bonchev–Trinajstić information content (AvgIpc) is 2.98. The predicted molar refractivity (Wildman–Crippen MR) is 71.5 cm³/mol. The highest BCUT2D eigenvalue weighted by molar-refractivity contribution is 7.07. The van der Waals surface area contributed by atoms with E-state index < -0.39 is 0 Å². The molecule has 2 aromatic rings. The third kappa shape index (κ3) is 1.73. The Kier molecular flexibility index (Phi) is 2.67. The van der Waals surface area contributed by atoms with E-state index in [2.05, 4.69) is 18.4 Å².